The molecule has 3 rings (SSSR count). The fraction of sp³-hybridized carbons (Fsp3) is 0.438. The molecule has 5 heteroatoms. The molecule has 2 aromatic rings. The summed E-state index contributed by atoms with van der Waals surface area (Å²) in [5.41, 5.74) is 1.34. The molecule has 1 saturated carbocycles. The van der Waals surface area contributed by atoms with Gasteiger partial charge in [-0.1, -0.05) is 13.3 Å². The molecule has 0 spiro atoms. The van der Waals surface area contributed by atoms with Gasteiger partial charge in [0.05, 0.1) is 11.1 Å². The standard InChI is InChI=1S/C16H19N3O2/c1-2-5-16(6-7-16)9-17-14-12-4-3-11(15(20)21)8-13(12)18-10-19-14/h3-4,8,10H,2,5-7,9H2,1H3,(H,20,21)(H,17,18,19). The molecule has 0 atom stereocenters. The van der Waals surface area contributed by atoms with Crippen LogP contribution >= 0.6 is 0 Å². The highest BCUT2D eigenvalue weighted by atomic mass is 16.4. The van der Waals surface area contributed by atoms with Gasteiger partial charge in [-0.2, -0.15) is 0 Å². The van der Waals surface area contributed by atoms with Crippen LogP contribution in [0.2, 0.25) is 0 Å². The van der Waals surface area contributed by atoms with Crippen molar-refractivity contribution in [2.45, 2.75) is 32.6 Å². The Morgan fingerprint density at radius 1 is 1.38 bits per heavy atom. The minimum absolute atomic E-state index is 0.247. The third kappa shape index (κ3) is 2.82. The van der Waals surface area contributed by atoms with Gasteiger partial charge in [-0.05, 0) is 42.9 Å². The van der Waals surface area contributed by atoms with Crippen LogP contribution in [0.25, 0.3) is 10.9 Å². The SMILES string of the molecule is CCCC1(CNc2ncnc3cc(C(=O)O)ccc23)CC1. The summed E-state index contributed by atoms with van der Waals surface area (Å²) < 4.78 is 0. The van der Waals surface area contributed by atoms with E-state index in [0.717, 1.165) is 17.7 Å². The number of fused-ring (bicyclic) bond motifs is 1. The van der Waals surface area contributed by atoms with E-state index in [1.165, 1.54) is 32.0 Å². The molecule has 1 fully saturated rings. The highest BCUT2D eigenvalue weighted by Gasteiger charge is 2.41. The monoisotopic (exact) mass is 285 g/mol. The highest BCUT2D eigenvalue weighted by Crippen LogP contribution is 2.49. The average molecular weight is 285 g/mol. The van der Waals surface area contributed by atoms with E-state index < -0.39 is 5.97 Å². The first-order valence-corrected chi connectivity index (χ1v) is 7.35. The first kappa shape index (κ1) is 13.8. The van der Waals surface area contributed by atoms with Crippen molar-refractivity contribution < 1.29 is 9.90 Å². The summed E-state index contributed by atoms with van der Waals surface area (Å²) in [5, 5.41) is 13.3. The van der Waals surface area contributed by atoms with E-state index >= 15 is 0 Å². The lowest BCUT2D eigenvalue weighted by Gasteiger charge is -2.16. The topological polar surface area (TPSA) is 75.1 Å². The molecule has 1 aliphatic carbocycles. The fourth-order valence-corrected chi connectivity index (χ4v) is 2.82. The Balaban J connectivity index is 1.84. The van der Waals surface area contributed by atoms with E-state index in [2.05, 4.69) is 22.2 Å². The number of nitrogens with one attached hydrogen (secondary N) is 1. The summed E-state index contributed by atoms with van der Waals surface area (Å²) in [4.78, 5) is 19.5. The Morgan fingerprint density at radius 3 is 2.86 bits per heavy atom. The highest BCUT2D eigenvalue weighted by molar-refractivity contribution is 5.96. The van der Waals surface area contributed by atoms with Crippen molar-refractivity contribution in [3.63, 3.8) is 0 Å². The van der Waals surface area contributed by atoms with Crippen LogP contribution in [0.15, 0.2) is 24.5 Å². The molecule has 1 aromatic heterocycles. The van der Waals surface area contributed by atoms with Gasteiger partial charge >= 0.3 is 5.97 Å². The summed E-state index contributed by atoms with van der Waals surface area (Å²) >= 11 is 0. The smallest absolute Gasteiger partial charge is 0.335 e. The van der Waals surface area contributed by atoms with Gasteiger partial charge in [0.1, 0.15) is 12.1 Å². The number of hydrogen-bond donors (Lipinski definition) is 2. The van der Waals surface area contributed by atoms with Crippen molar-refractivity contribution >= 4 is 22.7 Å². The fourth-order valence-electron chi connectivity index (χ4n) is 2.82. The van der Waals surface area contributed by atoms with Crippen molar-refractivity contribution in [1.29, 1.82) is 0 Å². The third-order valence-electron chi connectivity index (χ3n) is 4.25. The molecular formula is C16H19N3O2. The summed E-state index contributed by atoms with van der Waals surface area (Å²) in [6.07, 6.45) is 6.48. The maximum absolute atomic E-state index is 11.0. The Morgan fingerprint density at radius 2 is 2.19 bits per heavy atom. The second kappa shape index (κ2) is 5.31. The quantitative estimate of drug-likeness (QED) is 0.851. The largest absolute Gasteiger partial charge is 0.478 e. The molecule has 2 N–H and O–H groups in total. The van der Waals surface area contributed by atoms with Crippen molar-refractivity contribution in [2.75, 3.05) is 11.9 Å². The Hall–Kier alpha value is -2.17. The lowest BCUT2D eigenvalue weighted by Crippen LogP contribution is -2.16. The Kier molecular flexibility index (Phi) is 3.49. The van der Waals surface area contributed by atoms with E-state index in [-0.39, 0.29) is 5.56 Å². The zero-order chi connectivity index (χ0) is 14.9. The van der Waals surface area contributed by atoms with Gasteiger partial charge in [-0.15, -0.1) is 0 Å². The van der Waals surface area contributed by atoms with Gasteiger partial charge in [-0.3, -0.25) is 0 Å². The normalized spacial score (nSPS) is 15.9. The van der Waals surface area contributed by atoms with Crippen LogP contribution in [0.5, 0.6) is 0 Å². The molecule has 1 heterocycles. The number of nitrogens with zero attached hydrogens (tertiary/aromatic N) is 2. The van der Waals surface area contributed by atoms with Crippen molar-refractivity contribution in [1.82, 2.24) is 9.97 Å². The molecular weight excluding hydrogens is 266 g/mol. The van der Waals surface area contributed by atoms with Crippen LogP contribution in [0.4, 0.5) is 5.82 Å². The molecule has 0 saturated heterocycles. The molecule has 1 aliphatic rings. The molecule has 0 unspecified atom stereocenters. The zero-order valence-electron chi connectivity index (χ0n) is 12.1. The van der Waals surface area contributed by atoms with Crippen molar-refractivity contribution in [2.24, 2.45) is 5.41 Å². The first-order chi connectivity index (χ1) is 10.1. The summed E-state index contributed by atoms with van der Waals surface area (Å²) in [6, 6.07) is 4.96. The lowest BCUT2D eigenvalue weighted by atomic mass is 10.0. The van der Waals surface area contributed by atoms with Gasteiger partial charge in [-0.25, -0.2) is 14.8 Å². The van der Waals surface area contributed by atoms with Gasteiger partial charge in [0.15, 0.2) is 0 Å². The number of anilines is 1. The molecule has 5 nitrogen and oxygen atoms in total. The lowest BCUT2D eigenvalue weighted by molar-refractivity contribution is 0.0697. The van der Waals surface area contributed by atoms with E-state index in [1.54, 1.807) is 18.2 Å². The predicted octanol–water partition coefficient (Wildman–Crippen LogP) is 3.32. The number of carboxylic acids is 1. The summed E-state index contributed by atoms with van der Waals surface area (Å²) in [7, 11) is 0. The van der Waals surface area contributed by atoms with Gasteiger partial charge in [0.25, 0.3) is 0 Å². The molecule has 0 amide bonds. The van der Waals surface area contributed by atoms with Crippen LogP contribution in [0, 0.1) is 5.41 Å². The molecule has 0 bridgehead atoms. The number of carboxylic acid groups (broad SMARTS) is 1. The number of benzene rings is 1. The minimum Gasteiger partial charge on any atom is -0.478 e. The van der Waals surface area contributed by atoms with Crippen LogP contribution in [-0.2, 0) is 0 Å². The van der Waals surface area contributed by atoms with Crippen LogP contribution in [0.1, 0.15) is 43.0 Å². The zero-order valence-corrected chi connectivity index (χ0v) is 12.1. The van der Waals surface area contributed by atoms with Gasteiger partial charge in [0, 0.05) is 11.9 Å². The van der Waals surface area contributed by atoms with E-state index in [9.17, 15) is 4.79 Å². The number of aromatic nitrogens is 2. The molecule has 21 heavy (non-hydrogen) atoms. The van der Waals surface area contributed by atoms with Crippen LogP contribution in [-0.4, -0.2) is 27.6 Å². The maximum Gasteiger partial charge on any atom is 0.335 e. The van der Waals surface area contributed by atoms with Crippen LogP contribution in [0.3, 0.4) is 0 Å². The minimum atomic E-state index is -0.940. The van der Waals surface area contributed by atoms with E-state index in [4.69, 9.17) is 5.11 Å². The number of carbonyl (C=O) groups is 1. The van der Waals surface area contributed by atoms with Crippen molar-refractivity contribution in [3.05, 3.63) is 30.1 Å². The van der Waals surface area contributed by atoms with Gasteiger partial charge < -0.3 is 10.4 Å². The summed E-state index contributed by atoms with van der Waals surface area (Å²) in [5.74, 6) is -0.149. The number of rotatable bonds is 6. The van der Waals surface area contributed by atoms with Crippen LogP contribution < -0.4 is 5.32 Å². The Bertz CT molecular complexity index is 680. The van der Waals surface area contributed by atoms with Gasteiger partial charge in [0.2, 0.25) is 0 Å². The molecule has 0 aliphatic heterocycles. The van der Waals surface area contributed by atoms with Crippen molar-refractivity contribution in [3.8, 4) is 0 Å². The molecule has 110 valence electrons. The second-order valence-corrected chi connectivity index (χ2v) is 5.86. The number of hydrogen-bond acceptors (Lipinski definition) is 4. The first-order valence-electron chi connectivity index (χ1n) is 7.35. The molecule has 1 aromatic carbocycles. The third-order valence-corrected chi connectivity index (χ3v) is 4.25. The van der Waals surface area contributed by atoms with E-state index in [0.29, 0.717) is 10.9 Å². The number of aromatic carboxylic acids is 1. The Labute approximate surface area is 123 Å². The second-order valence-electron chi connectivity index (χ2n) is 5.86. The average Bonchev–Trinajstić information content (AvgIpc) is 3.25. The maximum atomic E-state index is 11.0. The summed E-state index contributed by atoms with van der Waals surface area (Å²) in [6.45, 7) is 3.14. The molecule has 0 radical (unpaired) electrons. The predicted molar refractivity (Wildman–Crippen MR) is 81.6 cm³/mol. The van der Waals surface area contributed by atoms with E-state index in [1.807, 2.05) is 0 Å².